The normalized spacial score (nSPS) is 9.08. The Hall–Kier alpha value is -1.10. The summed E-state index contributed by atoms with van der Waals surface area (Å²) in [6, 6.07) is 0. The molecule has 68 valence electrons. The summed E-state index contributed by atoms with van der Waals surface area (Å²) >= 11 is 5.11. The summed E-state index contributed by atoms with van der Waals surface area (Å²) in [7, 11) is 0. The maximum atomic E-state index is 10.7. The largest absolute Gasteiger partial charge is 0.480 e. The van der Waals surface area contributed by atoms with Crippen molar-refractivity contribution in [2.24, 2.45) is 0 Å². The summed E-state index contributed by atoms with van der Waals surface area (Å²) < 4.78 is 0. The molecule has 0 rings (SSSR count). The van der Waals surface area contributed by atoms with Gasteiger partial charge in [0, 0.05) is 0 Å². The van der Waals surface area contributed by atoms with E-state index in [0.29, 0.717) is 0 Å². The number of hydrogen-bond acceptors (Lipinski definition) is 3. The second kappa shape index (κ2) is 5.54. The Bertz CT molecular complexity index is 204. The molecular formula is C6H8ClNO4. The molecular weight excluding hydrogens is 186 g/mol. The van der Waals surface area contributed by atoms with Crippen molar-refractivity contribution in [2.45, 2.75) is 6.42 Å². The van der Waals surface area contributed by atoms with Crippen LogP contribution in [-0.2, 0) is 14.4 Å². The third-order valence-corrected chi connectivity index (χ3v) is 1.24. The molecule has 5 nitrogen and oxygen atoms in total. The summed E-state index contributed by atoms with van der Waals surface area (Å²) in [6.07, 6.45) is -0.364. The first-order chi connectivity index (χ1) is 5.56. The van der Waals surface area contributed by atoms with Crippen molar-refractivity contribution in [3.8, 4) is 0 Å². The molecule has 0 atom stereocenters. The average molecular weight is 194 g/mol. The molecule has 6 heteroatoms. The van der Waals surface area contributed by atoms with Gasteiger partial charge in [-0.1, -0.05) is 0 Å². The van der Waals surface area contributed by atoms with Gasteiger partial charge in [-0.25, -0.2) is 0 Å². The van der Waals surface area contributed by atoms with E-state index >= 15 is 0 Å². The molecule has 0 aliphatic rings. The average Bonchev–Trinajstić information content (AvgIpc) is 2.00. The maximum absolute atomic E-state index is 10.7. The number of nitrogens with one attached hydrogen (secondary N) is 1. The third-order valence-electron chi connectivity index (χ3n) is 0.944. The monoisotopic (exact) mass is 193 g/mol. The highest BCUT2D eigenvalue weighted by Gasteiger charge is 2.08. The molecule has 1 amide bonds. The summed E-state index contributed by atoms with van der Waals surface area (Å²) in [4.78, 5) is 31.1. The smallest absolute Gasteiger partial charge is 0.322 e. The van der Waals surface area contributed by atoms with Gasteiger partial charge in [-0.3, -0.25) is 14.4 Å². The maximum Gasteiger partial charge on any atom is 0.322 e. The van der Waals surface area contributed by atoms with Crippen molar-refractivity contribution < 1.29 is 19.5 Å². The van der Waals surface area contributed by atoms with Crippen molar-refractivity contribution >= 4 is 29.3 Å². The van der Waals surface area contributed by atoms with Crippen LogP contribution in [0.2, 0.25) is 0 Å². The first-order valence-corrected chi connectivity index (χ1v) is 3.66. The predicted octanol–water partition coefficient (Wildman–Crippen LogP) is -0.615. The first kappa shape index (κ1) is 10.9. The number of halogens is 1. The quantitative estimate of drug-likeness (QED) is 0.451. The Balaban J connectivity index is 3.60. The summed E-state index contributed by atoms with van der Waals surface area (Å²) in [5.41, 5.74) is 0. The van der Waals surface area contributed by atoms with Crippen LogP contribution in [0.4, 0.5) is 0 Å². The van der Waals surface area contributed by atoms with Crippen molar-refractivity contribution in [1.82, 2.24) is 5.32 Å². The van der Waals surface area contributed by atoms with Gasteiger partial charge in [0.25, 0.3) is 0 Å². The fourth-order valence-electron chi connectivity index (χ4n) is 0.463. The van der Waals surface area contributed by atoms with Crippen LogP contribution in [0.1, 0.15) is 6.42 Å². The number of hydrogen-bond donors (Lipinski definition) is 2. The minimum Gasteiger partial charge on any atom is -0.480 e. The van der Waals surface area contributed by atoms with Gasteiger partial charge in [-0.2, -0.15) is 0 Å². The van der Waals surface area contributed by atoms with E-state index in [2.05, 4.69) is 0 Å². The molecule has 0 aliphatic heterocycles. The van der Waals surface area contributed by atoms with Gasteiger partial charge in [-0.15, -0.1) is 11.6 Å². The molecule has 0 aliphatic carbocycles. The molecule has 0 aromatic rings. The lowest BCUT2D eigenvalue weighted by atomic mass is 10.3. The molecule has 12 heavy (non-hydrogen) atoms. The molecule has 2 N–H and O–H groups in total. The van der Waals surface area contributed by atoms with E-state index in [-0.39, 0.29) is 12.3 Å². The molecule has 0 saturated heterocycles. The van der Waals surface area contributed by atoms with Crippen LogP contribution in [0.15, 0.2) is 0 Å². The number of carboxylic acid groups (broad SMARTS) is 1. The zero-order chi connectivity index (χ0) is 9.56. The van der Waals surface area contributed by atoms with Gasteiger partial charge in [0.05, 0.1) is 12.3 Å². The number of rotatable bonds is 5. The zero-order valence-corrected chi connectivity index (χ0v) is 6.93. The lowest BCUT2D eigenvalue weighted by molar-refractivity contribution is -0.138. The van der Waals surface area contributed by atoms with Crippen LogP contribution in [0, 0.1) is 0 Å². The van der Waals surface area contributed by atoms with Crippen LogP contribution in [-0.4, -0.2) is 35.2 Å². The summed E-state index contributed by atoms with van der Waals surface area (Å²) in [5, 5.41) is 10.2. The van der Waals surface area contributed by atoms with Crippen molar-refractivity contribution in [2.75, 3.05) is 12.4 Å². The zero-order valence-electron chi connectivity index (χ0n) is 6.17. The fraction of sp³-hybridized carbons (Fsp3) is 0.500. The van der Waals surface area contributed by atoms with E-state index in [1.54, 1.807) is 0 Å². The van der Waals surface area contributed by atoms with E-state index in [0.717, 1.165) is 0 Å². The molecule has 0 heterocycles. The SMILES string of the molecule is O=C(O)CNC(=O)CC(=O)CCl. The molecule has 0 aromatic heterocycles. The van der Waals surface area contributed by atoms with Gasteiger partial charge in [0.15, 0.2) is 5.78 Å². The number of aliphatic carboxylic acids is 1. The third kappa shape index (κ3) is 5.67. The highest BCUT2D eigenvalue weighted by Crippen LogP contribution is 1.86. The van der Waals surface area contributed by atoms with Gasteiger partial charge in [-0.05, 0) is 0 Å². The van der Waals surface area contributed by atoms with Crippen LogP contribution < -0.4 is 5.32 Å². The van der Waals surface area contributed by atoms with E-state index in [1.165, 1.54) is 0 Å². The summed E-state index contributed by atoms with van der Waals surface area (Å²) in [6.45, 7) is -0.478. The number of carboxylic acids is 1. The fourth-order valence-corrected chi connectivity index (χ4v) is 0.558. The van der Waals surface area contributed by atoms with E-state index < -0.39 is 24.2 Å². The number of amides is 1. The van der Waals surface area contributed by atoms with Crippen molar-refractivity contribution in [3.63, 3.8) is 0 Å². The van der Waals surface area contributed by atoms with Gasteiger partial charge in [0.2, 0.25) is 5.91 Å². The molecule has 0 fully saturated rings. The van der Waals surface area contributed by atoms with Crippen LogP contribution in [0.25, 0.3) is 0 Å². The molecule has 0 aromatic carbocycles. The summed E-state index contributed by atoms with van der Waals surface area (Å²) in [5.74, 6) is -2.44. The second-order valence-electron chi connectivity index (χ2n) is 2.02. The number of alkyl halides is 1. The van der Waals surface area contributed by atoms with Crippen molar-refractivity contribution in [1.29, 1.82) is 0 Å². The molecule has 0 bridgehead atoms. The number of carbonyl (C=O) groups excluding carboxylic acids is 2. The number of carbonyl (C=O) groups is 3. The Labute approximate surface area is 73.7 Å². The molecule has 0 unspecified atom stereocenters. The minimum absolute atomic E-state index is 0.236. The van der Waals surface area contributed by atoms with Crippen LogP contribution in [0.3, 0.4) is 0 Å². The second-order valence-corrected chi connectivity index (χ2v) is 2.29. The topological polar surface area (TPSA) is 83.5 Å². The van der Waals surface area contributed by atoms with Gasteiger partial charge in [0.1, 0.15) is 6.54 Å². The molecule has 0 radical (unpaired) electrons. The Morgan fingerprint density at radius 3 is 2.33 bits per heavy atom. The van der Waals surface area contributed by atoms with Crippen LogP contribution >= 0.6 is 11.6 Å². The molecule has 0 saturated carbocycles. The minimum atomic E-state index is -1.15. The van der Waals surface area contributed by atoms with Gasteiger partial charge >= 0.3 is 5.97 Å². The van der Waals surface area contributed by atoms with E-state index in [4.69, 9.17) is 16.7 Å². The first-order valence-electron chi connectivity index (χ1n) is 3.12. The van der Waals surface area contributed by atoms with E-state index in [1.807, 2.05) is 5.32 Å². The van der Waals surface area contributed by atoms with E-state index in [9.17, 15) is 14.4 Å². The highest BCUT2D eigenvalue weighted by atomic mass is 35.5. The molecule has 0 spiro atoms. The Morgan fingerprint density at radius 2 is 1.92 bits per heavy atom. The lowest BCUT2D eigenvalue weighted by Gasteiger charge is -1.98. The standard InChI is InChI=1S/C6H8ClNO4/c7-2-4(9)1-5(10)8-3-6(11)12/h1-3H2,(H,8,10)(H,11,12). The number of ketones is 1. The van der Waals surface area contributed by atoms with Gasteiger partial charge < -0.3 is 10.4 Å². The number of Topliss-reactive ketones (excluding diaryl/α,β-unsaturated/α-hetero) is 1. The Kier molecular flexibility index (Phi) is 5.03. The predicted molar refractivity (Wildman–Crippen MR) is 41.0 cm³/mol. The highest BCUT2D eigenvalue weighted by molar-refractivity contribution is 6.29. The van der Waals surface area contributed by atoms with Crippen LogP contribution in [0.5, 0.6) is 0 Å². The van der Waals surface area contributed by atoms with Crippen molar-refractivity contribution in [3.05, 3.63) is 0 Å². The Morgan fingerprint density at radius 1 is 1.33 bits per heavy atom. The lowest BCUT2D eigenvalue weighted by Crippen LogP contribution is -2.30.